The Morgan fingerprint density at radius 3 is 2.53 bits per heavy atom. The number of rotatable bonds is 6. The van der Waals surface area contributed by atoms with Crippen molar-refractivity contribution in [3.63, 3.8) is 0 Å². The number of fused-ring (bicyclic) bond motifs is 1. The molecule has 3 aromatic rings. The van der Waals surface area contributed by atoms with Gasteiger partial charge in [-0.25, -0.2) is 4.98 Å². The zero-order chi connectivity index (χ0) is 21.1. The van der Waals surface area contributed by atoms with E-state index in [4.69, 9.17) is 14.2 Å². The Morgan fingerprint density at radius 1 is 1.07 bits per heavy atom. The van der Waals surface area contributed by atoms with Crippen LogP contribution in [-0.4, -0.2) is 29.7 Å². The van der Waals surface area contributed by atoms with E-state index in [9.17, 15) is 4.79 Å². The Bertz CT molecular complexity index is 1150. The molecule has 30 heavy (non-hydrogen) atoms. The predicted molar refractivity (Wildman–Crippen MR) is 121 cm³/mol. The zero-order valence-corrected chi connectivity index (χ0v) is 18.5. The second kappa shape index (κ2) is 8.92. The van der Waals surface area contributed by atoms with Crippen LogP contribution in [0.3, 0.4) is 0 Å². The van der Waals surface area contributed by atoms with Crippen LogP contribution in [0, 0.1) is 0 Å². The van der Waals surface area contributed by atoms with Crippen molar-refractivity contribution < 1.29 is 14.2 Å². The standard InChI is InChI=1S/C23H23BrN2O4/c1-28-18-10-5-7-15(21(18)30-16-8-3-4-9-16)12-13-17-20(24)23(27)26-14-6-11-19(29-2)22(26)25-17/h5-7,10-14,16H,3-4,8-9H2,1-2H3/b13-12+. The van der Waals surface area contributed by atoms with E-state index in [0.29, 0.717) is 27.3 Å². The summed E-state index contributed by atoms with van der Waals surface area (Å²) in [7, 11) is 3.20. The van der Waals surface area contributed by atoms with Crippen LogP contribution in [0.5, 0.6) is 17.2 Å². The lowest BCUT2D eigenvalue weighted by Gasteiger charge is -2.18. The van der Waals surface area contributed by atoms with Gasteiger partial charge in [-0.1, -0.05) is 12.1 Å². The highest BCUT2D eigenvalue weighted by Crippen LogP contribution is 2.36. The molecule has 0 radical (unpaired) electrons. The average molecular weight is 471 g/mol. The van der Waals surface area contributed by atoms with Crippen molar-refractivity contribution in [3.8, 4) is 17.2 Å². The van der Waals surface area contributed by atoms with Crippen molar-refractivity contribution in [3.05, 3.63) is 62.6 Å². The van der Waals surface area contributed by atoms with Crippen molar-refractivity contribution in [2.75, 3.05) is 14.2 Å². The molecule has 1 saturated carbocycles. The maximum absolute atomic E-state index is 12.8. The van der Waals surface area contributed by atoms with Crippen molar-refractivity contribution in [2.24, 2.45) is 0 Å². The number of nitrogens with zero attached hydrogens (tertiary/aromatic N) is 2. The SMILES string of the molecule is COc1cccc(/C=C/c2nc3c(OC)cccn3c(=O)c2Br)c1OC1CCCC1. The molecule has 0 spiro atoms. The van der Waals surface area contributed by atoms with Crippen LogP contribution in [0.4, 0.5) is 0 Å². The Morgan fingerprint density at radius 2 is 1.80 bits per heavy atom. The van der Waals surface area contributed by atoms with Gasteiger partial charge in [0.15, 0.2) is 22.9 Å². The number of methoxy groups -OCH3 is 2. The topological polar surface area (TPSA) is 62.1 Å². The van der Waals surface area contributed by atoms with Crippen LogP contribution in [0.25, 0.3) is 17.8 Å². The summed E-state index contributed by atoms with van der Waals surface area (Å²) in [6, 6.07) is 9.30. The second-order valence-electron chi connectivity index (χ2n) is 7.12. The van der Waals surface area contributed by atoms with Gasteiger partial charge in [0.25, 0.3) is 5.56 Å². The van der Waals surface area contributed by atoms with E-state index in [1.165, 1.54) is 17.2 Å². The molecular formula is C23H23BrN2O4. The third-order valence-corrected chi connectivity index (χ3v) is 5.99. The summed E-state index contributed by atoms with van der Waals surface area (Å²) in [5, 5.41) is 0. The van der Waals surface area contributed by atoms with Gasteiger partial charge in [0.05, 0.1) is 26.0 Å². The first kappa shape index (κ1) is 20.5. The summed E-state index contributed by atoms with van der Waals surface area (Å²) in [5.41, 5.74) is 1.64. The molecule has 0 bridgehead atoms. The van der Waals surface area contributed by atoms with E-state index < -0.39 is 0 Å². The van der Waals surface area contributed by atoms with Gasteiger partial charge >= 0.3 is 0 Å². The second-order valence-corrected chi connectivity index (χ2v) is 7.92. The first-order valence-electron chi connectivity index (χ1n) is 9.89. The van der Waals surface area contributed by atoms with Crippen molar-refractivity contribution in [1.29, 1.82) is 0 Å². The zero-order valence-electron chi connectivity index (χ0n) is 16.9. The fourth-order valence-corrected chi connectivity index (χ4v) is 4.11. The molecule has 0 N–H and O–H groups in total. The molecule has 0 unspecified atom stereocenters. The van der Waals surface area contributed by atoms with Crippen LogP contribution in [0.15, 0.2) is 45.8 Å². The quantitative estimate of drug-likeness (QED) is 0.508. The highest BCUT2D eigenvalue weighted by Gasteiger charge is 2.20. The van der Waals surface area contributed by atoms with Gasteiger partial charge in [-0.05, 0) is 72.0 Å². The molecule has 7 heteroatoms. The molecule has 0 atom stereocenters. The highest BCUT2D eigenvalue weighted by atomic mass is 79.9. The van der Waals surface area contributed by atoms with Crippen LogP contribution in [-0.2, 0) is 0 Å². The molecule has 1 fully saturated rings. The predicted octanol–water partition coefficient (Wildman–Crippen LogP) is 4.97. The summed E-state index contributed by atoms with van der Waals surface area (Å²) >= 11 is 3.40. The molecular weight excluding hydrogens is 448 g/mol. The van der Waals surface area contributed by atoms with E-state index >= 15 is 0 Å². The van der Waals surface area contributed by atoms with Gasteiger partial charge in [-0.2, -0.15) is 0 Å². The molecule has 2 aromatic heterocycles. The molecule has 1 aliphatic rings. The molecule has 1 aliphatic carbocycles. The number of benzene rings is 1. The molecule has 6 nitrogen and oxygen atoms in total. The summed E-state index contributed by atoms with van der Waals surface area (Å²) < 4.78 is 19.0. The van der Waals surface area contributed by atoms with E-state index in [1.807, 2.05) is 24.3 Å². The van der Waals surface area contributed by atoms with E-state index in [1.54, 1.807) is 38.6 Å². The number of aromatic nitrogens is 2. The smallest absolute Gasteiger partial charge is 0.272 e. The Labute approximate surface area is 183 Å². The molecule has 4 rings (SSSR count). The summed E-state index contributed by atoms with van der Waals surface area (Å²) in [4.78, 5) is 17.4. The monoisotopic (exact) mass is 470 g/mol. The van der Waals surface area contributed by atoms with E-state index in [-0.39, 0.29) is 11.7 Å². The average Bonchev–Trinajstić information content (AvgIpc) is 3.28. The minimum absolute atomic E-state index is 0.202. The van der Waals surface area contributed by atoms with Gasteiger partial charge in [-0.3, -0.25) is 9.20 Å². The number of halogens is 1. The molecule has 1 aromatic carbocycles. The summed E-state index contributed by atoms with van der Waals surface area (Å²) in [5.74, 6) is 1.94. The molecule has 0 saturated heterocycles. The number of hydrogen-bond acceptors (Lipinski definition) is 5. The van der Waals surface area contributed by atoms with E-state index in [2.05, 4.69) is 20.9 Å². The fraction of sp³-hybridized carbons (Fsp3) is 0.304. The molecule has 0 amide bonds. The molecule has 0 aliphatic heterocycles. The minimum Gasteiger partial charge on any atom is -0.493 e. The number of para-hydroxylation sites is 1. The van der Waals surface area contributed by atoms with Gasteiger partial charge in [-0.15, -0.1) is 0 Å². The minimum atomic E-state index is -0.202. The summed E-state index contributed by atoms with van der Waals surface area (Å²) in [6.45, 7) is 0. The lowest BCUT2D eigenvalue weighted by Crippen LogP contribution is -2.17. The number of ether oxygens (including phenoxy) is 3. The third-order valence-electron chi connectivity index (χ3n) is 5.25. The van der Waals surface area contributed by atoms with Crippen molar-refractivity contribution >= 4 is 33.7 Å². The maximum atomic E-state index is 12.8. The van der Waals surface area contributed by atoms with Crippen LogP contribution >= 0.6 is 15.9 Å². The van der Waals surface area contributed by atoms with Crippen LogP contribution in [0.2, 0.25) is 0 Å². The number of pyridine rings is 1. The molecule has 2 heterocycles. The Hall–Kier alpha value is -2.80. The fourth-order valence-electron chi connectivity index (χ4n) is 3.69. The lowest BCUT2D eigenvalue weighted by molar-refractivity contribution is 0.200. The Balaban J connectivity index is 1.76. The molecule has 156 valence electrons. The maximum Gasteiger partial charge on any atom is 0.272 e. The largest absolute Gasteiger partial charge is 0.493 e. The Kier molecular flexibility index (Phi) is 6.08. The first-order chi connectivity index (χ1) is 14.6. The third kappa shape index (κ3) is 3.94. The normalized spacial score (nSPS) is 14.5. The van der Waals surface area contributed by atoms with E-state index in [0.717, 1.165) is 24.2 Å². The summed E-state index contributed by atoms with van der Waals surface area (Å²) in [6.07, 6.45) is 10.0. The van der Waals surface area contributed by atoms with Gasteiger partial charge in [0.2, 0.25) is 0 Å². The number of hydrogen-bond donors (Lipinski definition) is 0. The van der Waals surface area contributed by atoms with Crippen LogP contribution in [0.1, 0.15) is 36.9 Å². The first-order valence-corrected chi connectivity index (χ1v) is 10.7. The van der Waals surface area contributed by atoms with Gasteiger partial charge < -0.3 is 14.2 Å². The highest BCUT2D eigenvalue weighted by molar-refractivity contribution is 9.10. The van der Waals surface area contributed by atoms with Gasteiger partial charge in [0.1, 0.15) is 4.47 Å². The lowest BCUT2D eigenvalue weighted by atomic mass is 10.1. The van der Waals surface area contributed by atoms with Crippen molar-refractivity contribution in [1.82, 2.24) is 9.38 Å². The van der Waals surface area contributed by atoms with Crippen molar-refractivity contribution in [2.45, 2.75) is 31.8 Å². The van der Waals surface area contributed by atoms with Crippen LogP contribution < -0.4 is 19.8 Å². The van der Waals surface area contributed by atoms with Gasteiger partial charge in [0, 0.05) is 11.8 Å².